The van der Waals surface area contributed by atoms with E-state index in [-0.39, 0.29) is 11.9 Å². The van der Waals surface area contributed by atoms with Crippen molar-refractivity contribution in [2.75, 3.05) is 13.1 Å². The van der Waals surface area contributed by atoms with E-state index < -0.39 is 0 Å². The topological polar surface area (TPSA) is 59.2 Å². The molecule has 0 radical (unpaired) electrons. The number of nitrogens with zero attached hydrogens (tertiary/aromatic N) is 2. The van der Waals surface area contributed by atoms with Gasteiger partial charge in [0, 0.05) is 19.1 Å². The monoisotopic (exact) mass is 329 g/mol. The largest absolute Gasteiger partial charge is 0.336 e. The first-order valence-electron chi connectivity index (χ1n) is 8.05. The van der Waals surface area contributed by atoms with E-state index in [4.69, 9.17) is 5.73 Å². The molecule has 1 aromatic carbocycles. The summed E-state index contributed by atoms with van der Waals surface area (Å²) in [5, 5.41) is 0.919. The lowest BCUT2D eigenvalue weighted by Crippen LogP contribution is -2.45. The molecule has 1 atom stereocenters. The fourth-order valence-electron chi connectivity index (χ4n) is 2.99. The molecule has 1 aliphatic rings. The van der Waals surface area contributed by atoms with E-state index in [0.717, 1.165) is 34.8 Å². The molecular formula is C18H23N3OS. The average Bonchev–Trinajstić information content (AvgIpc) is 2.91. The number of hydrogen-bond donors (Lipinski definition) is 1. The first-order valence-corrected chi connectivity index (χ1v) is 8.87. The van der Waals surface area contributed by atoms with Crippen molar-refractivity contribution in [3.63, 3.8) is 0 Å². The molecule has 0 spiro atoms. The zero-order chi connectivity index (χ0) is 16.6. The zero-order valence-corrected chi connectivity index (χ0v) is 14.7. The van der Waals surface area contributed by atoms with Crippen molar-refractivity contribution in [1.29, 1.82) is 0 Å². The van der Waals surface area contributed by atoms with Crippen LogP contribution in [-0.4, -0.2) is 34.9 Å². The van der Waals surface area contributed by atoms with Gasteiger partial charge in [0.15, 0.2) is 0 Å². The number of rotatable bonds is 2. The minimum Gasteiger partial charge on any atom is -0.336 e. The summed E-state index contributed by atoms with van der Waals surface area (Å²) in [6, 6.07) is 6.40. The van der Waals surface area contributed by atoms with Gasteiger partial charge in [-0.3, -0.25) is 4.79 Å². The van der Waals surface area contributed by atoms with Gasteiger partial charge in [0.2, 0.25) is 0 Å². The van der Waals surface area contributed by atoms with Crippen LogP contribution in [0.3, 0.4) is 0 Å². The van der Waals surface area contributed by atoms with Crippen molar-refractivity contribution >= 4 is 17.2 Å². The van der Waals surface area contributed by atoms with Gasteiger partial charge in [0.25, 0.3) is 5.91 Å². The maximum atomic E-state index is 12.9. The second-order valence-corrected chi connectivity index (χ2v) is 7.57. The van der Waals surface area contributed by atoms with Crippen LogP contribution in [-0.2, 0) is 0 Å². The third-order valence-electron chi connectivity index (χ3n) is 4.45. The van der Waals surface area contributed by atoms with Crippen molar-refractivity contribution in [1.82, 2.24) is 9.88 Å². The van der Waals surface area contributed by atoms with Gasteiger partial charge in [-0.25, -0.2) is 4.98 Å². The summed E-state index contributed by atoms with van der Waals surface area (Å²) >= 11 is 1.59. The molecule has 1 unspecified atom stereocenters. The molecule has 0 aliphatic carbocycles. The Kier molecular flexibility index (Phi) is 4.50. The lowest BCUT2D eigenvalue weighted by atomic mass is 10.0. The van der Waals surface area contributed by atoms with Gasteiger partial charge in [-0.2, -0.15) is 0 Å². The van der Waals surface area contributed by atoms with Crippen LogP contribution in [0, 0.1) is 20.8 Å². The molecule has 1 aromatic heterocycles. The van der Waals surface area contributed by atoms with E-state index in [9.17, 15) is 4.79 Å². The second-order valence-electron chi connectivity index (χ2n) is 6.36. The molecule has 2 N–H and O–H groups in total. The Morgan fingerprint density at radius 3 is 2.78 bits per heavy atom. The Labute approximate surface area is 141 Å². The van der Waals surface area contributed by atoms with Gasteiger partial charge in [0.05, 0.1) is 9.88 Å². The molecule has 1 amide bonds. The van der Waals surface area contributed by atoms with Crippen LogP contribution >= 0.6 is 11.3 Å². The van der Waals surface area contributed by atoms with Gasteiger partial charge in [-0.1, -0.05) is 18.2 Å². The molecule has 2 aromatic rings. The van der Waals surface area contributed by atoms with Crippen LogP contribution < -0.4 is 5.73 Å². The quantitative estimate of drug-likeness (QED) is 0.919. The van der Waals surface area contributed by atoms with Gasteiger partial charge in [-0.15, -0.1) is 11.3 Å². The average molecular weight is 329 g/mol. The molecule has 23 heavy (non-hydrogen) atoms. The van der Waals surface area contributed by atoms with Crippen LogP contribution in [0.5, 0.6) is 0 Å². The third kappa shape index (κ3) is 3.31. The van der Waals surface area contributed by atoms with Crippen LogP contribution in [0.15, 0.2) is 18.2 Å². The van der Waals surface area contributed by atoms with Gasteiger partial charge in [0.1, 0.15) is 5.69 Å². The number of piperidine rings is 1. The van der Waals surface area contributed by atoms with E-state index in [1.54, 1.807) is 11.3 Å². The lowest BCUT2D eigenvalue weighted by Gasteiger charge is -2.30. The summed E-state index contributed by atoms with van der Waals surface area (Å²) in [7, 11) is 0. The number of amides is 1. The van der Waals surface area contributed by atoms with Crippen molar-refractivity contribution in [2.45, 2.75) is 39.7 Å². The van der Waals surface area contributed by atoms with Crippen molar-refractivity contribution in [3.05, 3.63) is 40.0 Å². The molecule has 5 heteroatoms. The van der Waals surface area contributed by atoms with E-state index in [0.29, 0.717) is 12.2 Å². The maximum Gasteiger partial charge on any atom is 0.274 e. The number of likely N-dealkylation sites (tertiary alicyclic amines) is 1. The SMILES string of the molecule is Cc1nc(C(=O)N2CCCC(N)C2)c(-c2ccc(C)c(C)c2)s1. The highest BCUT2D eigenvalue weighted by molar-refractivity contribution is 7.15. The number of carbonyl (C=O) groups excluding carboxylic acids is 1. The first kappa shape index (κ1) is 16.1. The number of hydrogen-bond acceptors (Lipinski definition) is 4. The summed E-state index contributed by atoms with van der Waals surface area (Å²) in [5.74, 6) is 0.0118. The summed E-state index contributed by atoms with van der Waals surface area (Å²) in [5.41, 5.74) is 10.1. The molecule has 0 bridgehead atoms. The van der Waals surface area contributed by atoms with Crippen LogP contribution in [0.2, 0.25) is 0 Å². The minimum absolute atomic E-state index is 0.0118. The number of aryl methyl sites for hydroxylation is 3. The van der Waals surface area contributed by atoms with Gasteiger partial charge >= 0.3 is 0 Å². The number of thiazole rings is 1. The first-order chi connectivity index (χ1) is 11.0. The highest BCUT2D eigenvalue weighted by atomic mass is 32.1. The molecular weight excluding hydrogens is 306 g/mol. The van der Waals surface area contributed by atoms with Crippen molar-refractivity contribution in [3.8, 4) is 10.4 Å². The standard InChI is InChI=1S/C18H23N3OS/c1-11-6-7-14(9-12(11)2)17-16(20-13(3)23-17)18(22)21-8-4-5-15(19)10-21/h6-7,9,15H,4-5,8,10,19H2,1-3H3. The number of nitrogens with two attached hydrogens (primary N) is 1. The van der Waals surface area contributed by atoms with E-state index in [1.807, 2.05) is 11.8 Å². The summed E-state index contributed by atoms with van der Waals surface area (Å²) in [6.45, 7) is 7.54. The summed E-state index contributed by atoms with van der Waals surface area (Å²) in [6.07, 6.45) is 1.96. The lowest BCUT2D eigenvalue weighted by molar-refractivity contribution is 0.0704. The summed E-state index contributed by atoms with van der Waals surface area (Å²) in [4.78, 5) is 20.3. The number of aromatic nitrogens is 1. The Morgan fingerprint density at radius 2 is 2.09 bits per heavy atom. The number of carbonyl (C=O) groups is 1. The predicted molar refractivity (Wildman–Crippen MR) is 94.9 cm³/mol. The molecule has 0 saturated carbocycles. The number of benzene rings is 1. The highest BCUT2D eigenvalue weighted by Crippen LogP contribution is 2.32. The zero-order valence-electron chi connectivity index (χ0n) is 13.9. The smallest absolute Gasteiger partial charge is 0.274 e. The van der Waals surface area contributed by atoms with E-state index >= 15 is 0 Å². The van der Waals surface area contributed by atoms with Crippen molar-refractivity contribution < 1.29 is 4.79 Å². The molecule has 1 saturated heterocycles. The molecule has 122 valence electrons. The molecule has 3 rings (SSSR count). The molecule has 4 nitrogen and oxygen atoms in total. The van der Waals surface area contributed by atoms with Crippen molar-refractivity contribution in [2.24, 2.45) is 5.73 Å². The predicted octanol–water partition coefficient (Wildman–Crippen LogP) is 3.30. The normalized spacial score (nSPS) is 18.3. The Bertz CT molecular complexity index is 738. The van der Waals surface area contributed by atoms with Crippen LogP contribution in [0.25, 0.3) is 10.4 Å². The molecule has 2 heterocycles. The van der Waals surface area contributed by atoms with Gasteiger partial charge < -0.3 is 10.6 Å². The fraction of sp³-hybridized carbons (Fsp3) is 0.444. The van der Waals surface area contributed by atoms with E-state index in [2.05, 4.69) is 37.0 Å². The Balaban J connectivity index is 1.97. The van der Waals surface area contributed by atoms with E-state index in [1.165, 1.54) is 11.1 Å². The molecule has 1 aliphatic heterocycles. The van der Waals surface area contributed by atoms with Crippen LogP contribution in [0.1, 0.15) is 39.5 Å². The Morgan fingerprint density at radius 1 is 1.30 bits per heavy atom. The highest BCUT2D eigenvalue weighted by Gasteiger charge is 2.27. The van der Waals surface area contributed by atoms with Gasteiger partial charge in [-0.05, 0) is 50.3 Å². The summed E-state index contributed by atoms with van der Waals surface area (Å²) < 4.78 is 0. The molecule has 1 fully saturated rings. The third-order valence-corrected chi connectivity index (χ3v) is 5.47. The maximum absolute atomic E-state index is 12.9. The second kappa shape index (κ2) is 6.42. The Hall–Kier alpha value is -1.72. The van der Waals surface area contributed by atoms with Crippen LogP contribution in [0.4, 0.5) is 0 Å². The minimum atomic E-state index is 0.0118. The fourth-order valence-corrected chi connectivity index (χ4v) is 3.90.